The highest BCUT2D eigenvalue weighted by Crippen LogP contribution is 2.11. The first-order chi connectivity index (χ1) is 8.36. The van der Waals surface area contributed by atoms with Crippen LogP contribution in [-0.2, 0) is 17.9 Å². The molecule has 1 heterocycles. The van der Waals surface area contributed by atoms with E-state index in [1.54, 1.807) is 11.3 Å². The molecule has 1 aromatic carbocycles. The molecule has 0 bridgehead atoms. The highest BCUT2D eigenvalue weighted by molar-refractivity contribution is 7.09. The van der Waals surface area contributed by atoms with Crippen molar-refractivity contribution in [3.8, 4) is 0 Å². The Morgan fingerprint density at radius 3 is 2.82 bits per heavy atom. The van der Waals surface area contributed by atoms with E-state index in [1.165, 1.54) is 10.4 Å². The van der Waals surface area contributed by atoms with Crippen LogP contribution in [0.15, 0.2) is 35.8 Å². The monoisotopic (exact) mass is 248 g/mol. The minimum absolute atomic E-state index is 0.600. The Balaban J connectivity index is 1.63. The second-order valence-corrected chi connectivity index (χ2v) is 4.72. The number of aryl methyl sites for hydroxylation is 1. The average molecular weight is 248 g/mol. The van der Waals surface area contributed by atoms with Crippen LogP contribution in [-0.4, -0.2) is 11.5 Å². The summed E-state index contributed by atoms with van der Waals surface area (Å²) in [5, 5.41) is 0. The molecule has 2 rings (SSSR count). The van der Waals surface area contributed by atoms with Crippen molar-refractivity contribution in [1.29, 1.82) is 0 Å². The molecule has 90 valence electrons. The van der Waals surface area contributed by atoms with Gasteiger partial charge in [0.25, 0.3) is 0 Å². The minimum atomic E-state index is 0.600. The second kappa shape index (κ2) is 6.49. The maximum Gasteiger partial charge on any atom is 0.0933 e. The molecular weight excluding hydrogens is 232 g/mol. The predicted octanol–water partition coefficient (Wildman–Crippen LogP) is 2.72. The fourth-order valence-electron chi connectivity index (χ4n) is 1.51. The molecule has 1 N–H and O–H groups in total. The Bertz CT molecular complexity index is 442. The van der Waals surface area contributed by atoms with E-state index in [9.17, 15) is 0 Å². The highest BCUT2D eigenvalue weighted by atomic mass is 32.1. The molecule has 0 radical (unpaired) electrons. The van der Waals surface area contributed by atoms with Crippen molar-refractivity contribution in [1.82, 2.24) is 10.5 Å². The largest absolute Gasteiger partial charge is 0.297 e. The van der Waals surface area contributed by atoms with E-state index in [0.29, 0.717) is 6.61 Å². The number of thiazole rings is 1. The van der Waals surface area contributed by atoms with Gasteiger partial charge in [0, 0.05) is 11.4 Å². The van der Waals surface area contributed by atoms with E-state index < -0.39 is 0 Å². The summed E-state index contributed by atoms with van der Waals surface area (Å²) in [5.41, 5.74) is 7.16. The van der Waals surface area contributed by atoms with Gasteiger partial charge < -0.3 is 0 Å². The Morgan fingerprint density at radius 2 is 2.12 bits per heavy atom. The molecule has 0 saturated carbocycles. The Hall–Kier alpha value is -1.23. The number of nitrogens with zero attached hydrogens (tertiary/aromatic N) is 1. The lowest BCUT2D eigenvalue weighted by Crippen LogP contribution is -2.17. The smallest absolute Gasteiger partial charge is 0.0933 e. The van der Waals surface area contributed by atoms with E-state index >= 15 is 0 Å². The summed E-state index contributed by atoms with van der Waals surface area (Å²) >= 11 is 1.70. The van der Waals surface area contributed by atoms with E-state index in [0.717, 1.165) is 18.7 Å². The van der Waals surface area contributed by atoms with Gasteiger partial charge in [0.2, 0.25) is 0 Å². The van der Waals surface area contributed by atoms with Crippen LogP contribution in [0.25, 0.3) is 0 Å². The molecule has 0 atom stereocenters. The SMILES string of the molecule is Cc1ncsc1CCNOCc1ccccc1. The first-order valence-corrected chi connectivity index (χ1v) is 6.52. The van der Waals surface area contributed by atoms with Crippen LogP contribution in [0, 0.1) is 6.92 Å². The minimum Gasteiger partial charge on any atom is -0.297 e. The fourth-order valence-corrected chi connectivity index (χ4v) is 2.29. The summed E-state index contributed by atoms with van der Waals surface area (Å²) in [6, 6.07) is 10.1. The molecule has 0 fully saturated rings. The molecule has 0 amide bonds. The third kappa shape index (κ3) is 3.93. The number of hydrogen-bond acceptors (Lipinski definition) is 4. The molecule has 0 aliphatic rings. The van der Waals surface area contributed by atoms with Crippen LogP contribution in [0.2, 0.25) is 0 Å². The Morgan fingerprint density at radius 1 is 1.29 bits per heavy atom. The van der Waals surface area contributed by atoms with Gasteiger partial charge in [-0.25, -0.2) is 10.5 Å². The lowest BCUT2D eigenvalue weighted by atomic mass is 10.2. The molecule has 3 nitrogen and oxygen atoms in total. The van der Waals surface area contributed by atoms with E-state index in [-0.39, 0.29) is 0 Å². The molecular formula is C13H16N2OS. The van der Waals surface area contributed by atoms with Crippen LogP contribution >= 0.6 is 11.3 Å². The molecule has 0 saturated heterocycles. The van der Waals surface area contributed by atoms with Gasteiger partial charge in [0.1, 0.15) is 0 Å². The number of nitrogens with one attached hydrogen (secondary N) is 1. The summed E-state index contributed by atoms with van der Waals surface area (Å²) in [6.45, 7) is 3.45. The highest BCUT2D eigenvalue weighted by Gasteiger charge is 2.00. The molecule has 1 aromatic heterocycles. The maximum absolute atomic E-state index is 5.39. The third-order valence-corrected chi connectivity index (χ3v) is 3.48. The van der Waals surface area contributed by atoms with Gasteiger partial charge >= 0.3 is 0 Å². The van der Waals surface area contributed by atoms with E-state index in [4.69, 9.17) is 4.84 Å². The predicted molar refractivity (Wildman–Crippen MR) is 69.8 cm³/mol. The van der Waals surface area contributed by atoms with Crippen LogP contribution < -0.4 is 5.48 Å². The molecule has 4 heteroatoms. The summed E-state index contributed by atoms with van der Waals surface area (Å²) < 4.78 is 0. The zero-order valence-electron chi connectivity index (χ0n) is 9.85. The molecule has 0 spiro atoms. The van der Waals surface area contributed by atoms with Crippen LogP contribution in [0.3, 0.4) is 0 Å². The van der Waals surface area contributed by atoms with Gasteiger partial charge in [0.15, 0.2) is 0 Å². The molecule has 2 aromatic rings. The van der Waals surface area contributed by atoms with Gasteiger partial charge in [-0.15, -0.1) is 11.3 Å². The van der Waals surface area contributed by atoms with Crippen molar-refractivity contribution < 1.29 is 4.84 Å². The normalized spacial score (nSPS) is 10.6. The zero-order valence-corrected chi connectivity index (χ0v) is 10.7. The zero-order chi connectivity index (χ0) is 11.9. The summed E-state index contributed by atoms with van der Waals surface area (Å²) in [5.74, 6) is 0. The number of hydrogen-bond donors (Lipinski definition) is 1. The first kappa shape index (κ1) is 12.2. The topological polar surface area (TPSA) is 34.2 Å². The molecule has 0 aliphatic heterocycles. The standard InChI is InChI=1S/C13H16N2OS/c1-11-13(17-10-14-11)7-8-15-16-9-12-5-3-2-4-6-12/h2-6,10,15H,7-9H2,1H3. The molecule has 0 unspecified atom stereocenters. The molecule has 0 aliphatic carbocycles. The van der Waals surface area contributed by atoms with Crippen molar-refractivity contribution in [3.05, 3.63) is 52.0 Å². The van der Waals surface area contributed by atoms with Gasteiger partial charge in [-0.3, -0.25) is 4.84 Å². The van der Waals surface area contributed by atoms with Gasteiger partial charge in [0.05, 0.1) is 17.8 Å². The van der Waals surface area contributed by atoms with Crippen LogP contribution in [0.5, 0.6) is 0 Å². The Labute approximate surface area is 105 Å². The van der Waals surface area contributed by atoms with Gasteiger partial charge in [-0.1, -0.05) is 30.3 Å². The lowest BCUT2D eigenvalue weighted by molar-refractivity contribution is 0.0289. The van der Waals surface area contributed by atoms with E-state index in [2.05, 4.69) is 22.6 Å². The fraction of sp³-hybridized carbons (Fsp3) is 0.308. The third-order valence-electron chi connectivity index (χ3n) is 2.48. The summed E-state index contributed by atoms with van der Waals surface area (Å²) in [6.07, 6.45) is 0.964. The number of benzene rings is 1. The van der Waals surface area contributed by atoms with E-state index in [1.807, 2.05) is 30.6 Å². The average Bonchev–Trinajstić information content (AvgIpc) is 2.76. The van der Waals surface area contributed by atoms with Crippen LogP contribution in [0.1, 0.15) is 16.1 Å². The lowest BCUT2D eigenvalue weighted by Gasteiger charge is -2.05. The number of rotatable bonds is 6. The van der Waals surface area contributed by atoms with Gasteiger partial charge in [-0.05, 0) is 18.9 Å². The number of hydroxylamine groups is 1. The van der Waals surface area contributed by atoms with Crippen molar-refractivity contribution in [2.45, 2.75) is 20.0 Å². The summed E-state index contributed by atoms with van der Waals surface area (Å²) in [4.78, 5) is 10.9. The van der Waals surface area contributed by atoms with Crippen LogP contribution in [0.4, 0.5) is 0 Å². The Kier molecular flexibility index (Phi) is 4.67. The maximum atomic E-state index is 5.39. The quantitative estimate of drug-likeness (QED) is 0.630. The molecule has 17 heavy (non-hydrogen) atoms. The van der Waals surface area contributed by atoms with Crippen molar-refractivity contribution in [2.75, 3.05) is 6.54 Å². The van der Waals surface area contributed by atoms with Gasteiger partial charge in [-0.2, -0.15) is 0 Å². The van der Waals surface area contributed by atoms with Crippen molar-refractivity contribution in [3.63, 3.8) is 0 Å². The first-order valence-electron chi connectivity index (χ1n) is 5.64. The second-order valence-electron chi connectivity index (χ2n) is 3.78. The summed E-state index contributed by atoms with van der Waals surface area (Å²) in [7, 11) is 0. The van der Waals surface area contributed by atoms with Crippen molar-refractivity contribution in [2.24, 2.45) is 0 Å². The number of aromatic nitrogens is 1. The van der Waals surface area contributed by atoms with Crippen molar-refractivity contribution >= 4 is 11.3 Å².